The molecule has 0 unspecified atom stereocenters. The first kappa shape index (κ1) is 15.6. The topological polar surface area (TPSA) is 105 Å². The quantitative estimate of drug-likeness (QED) is 0.382. The average molecular weight is 216 g/mol. The zero-order valence-corrected chi connectivity index (χ0v) is 9.02. The number of hydrogen-bond acceptors (Lipinski definition) is 6. The molecule has 4 N–H and O–H groups in total. The SMILES string of the molecule is C/C=C/C(=O)ON.COC(=O)/C=C(/C)N. The van der Waals surface area contributed by atoms with E-state index in [4.69, 9.17) is 5.73 Å². The molecule has 0 aliphatic rings. The number of allylic oxidation sites excluding steroid dienone is 2. The Morgan fingerprint density at radius 3 is 1.93 bits per heavy atom. The van der Waals surface area contributed by atoms with E-state index in [9.17, 15) is 9.59 Å². The van der Waals surface area contributed by atoms with Crippen molar-refractivity contribution in [1.82, 2.24) is 0 Å². The summed E-state index contributed by atoms with van der Waals surface area (Å²) < 4.78 is 4.27. The molecule has 0 saturated heterocycles. The van der Waals surface area contributed by atoms with Gasteiger partial charge < -0.3 is 15.3 Å². The summed E-state index contributed by atoms with van der Waals surface area (Å²) in [4.78, 5) is 24.0. The second-order valence-corrected chi connectivity index (χ2v) is 2.35. The fourth-order valence-electron chi connectivity index (χ4n) is 0.420. The van der Waals surface area contributed by atoms with Crippen LogP contribution in [-0.2, 0) is 19.2 Å². The molecular weight excluding hydrogens is 200 g/mol. The number of methoxy groups -OCH3 is 1. The van der Waals surface area contributed by atoms with Crippen molar-refractivity contribution in [2.75, 3.05) is 7.11 Å². The fourth-order valence-corrected chi connectivity index (χ4v) is 0.420. The number of nitrogens with two attached hydrogens (primary N) is 2. The molecule has 15 heavy (non-hydrogen) atoms. The summed E-state index contributed by atoms with van der Waals surface area (Å²) in [5, 5.41) is 0. The third-order valence-corrected chi connectivity index (χ3v) is 0.966. The van der Waals surface area contributed by atoms with Gasteiger partial charge in [-0.15, -0.1) is 0 Å². The van der Waals surface area contributed by atoms with E-state index in [1.807, 2.05) is 0 Å². The highest BCUT2D eigenvalue weighted by Gasteiger charge is 1.89. The largest absolute Gasteiger partial charge is 0.466 e. The Bertz CT molecular complexity index is 255. The molecule has 0 aliphatic heterocycles. The first-order valence-corrected chi connectivity index (χ1v) is 4.03. The van der Waals surface area contributed by atoms with E-state index >= 15 is 0 Å². The molecule has 0 aromatic carbocycles. The standard InChI is InChI=1S/C5H9NO2.C4H7NO2/c1-4(6)3-5(7)8-2;1-2-3-4(6)7-5/h3H,6H2,1-2H3;2-3H,5H2,1H3/b4-3-;3-2+. The van der Waals surface area contributed by atoms with Crippen LogP contribution >= 0.6 is 0 Å². The predicted molar refractivity (Wildman–Crippen MR) is 55.1 cm³/mol. The van der Waals surface area contributed by atoms with Crippen molar-refractivity contribution in [1.29, 1.82) is 0 Å². The van der Waals surface area contributed by atoms with Crippen molar-refractivity contribution < 1.29 is 19.2 Å². The first-order valence-electron chi connectivity index (χ1n) is 4.03. The average Bonchev–Trinajstić information content (AvgIpc) is 2.18. The number of ether oxygens (including phenoxy) is 1. The van der Waals surface area contributed by atoms with Crippen LogP contribution < -0.4 is 11.6 Å². The number of esters is 1. The molecular formula is C9H16N2O4. The summed E-state index contributed by atoms with van der Waals surface area (Å²) in [5.41, 5.74) is 5.58. The minimum absolute atomic E-state index is 0.412. The molecule has 0 amide bonds. The summed E-state index contributed by atoms with van der Waals surface area (Å²) in [7, 11) is 1.31. The summed E-state index contributed by atoms with van der Waals surface area (Å²) in [6.45, 7) is 3.33. The Labute approximate surface area is 88.5 Å². The van der Waals surface area contributed by atoms with Crippen LogP contribution in [-0.4, -0.2) is 19.0 Å². The van der Waals surface area contributed by atoms with Crippen molar-refractivity contribution in [3.05, 3.63) is 23.9 Å². The fraction of sp³-hybridized carbons (Fsp3) is 0.333. The van der Waals surface area contributed by atoms with Gasteiger partial charge in [-0.1, -0.05) is 6.08 Å². The Hall–Kier alpha value is -1.82. The van der Waals surface area contributed by atoms with Crippen molar-refractivity contribution in [3.63, 3.8) is 0 Å². The Balaban J connectivity index is 0. The van der Waals surface area contributed by atoms with Crippen LogP contribution in [0.15, 0.2) is 23.9 Å². The highest BCUT2D eigenvalue weighted by molar-refractivity contribution is 5.82. The van der Waals surface area contributed by atoms with Crippen molar-refractivity contribution in [3.8, 4) is 0 Å². The molecule has 0 spiro atoms. The number of carbonyl (C=O) groups excluding carboxylic acids is 2. The predicted octanol–water partition coefficient (Wildman–Crippen LogP) is 0.00130. The van der Waals surface area contributed by atoms with Crippen LogP contribution in [0.4, 0.5) is 0 Å². The number of rotatable bonds is 2. The van der Waals surface area contributed by atoms with Crippen LogP contribution in [0.1, 0.15) is 13.8 Å². The highest BCUT2D eigenvalue weighted by Crippen LogP contribution is 1.80. The lowest BCUT2D eigenvalue weighted by molar-refractivity contribution is -0.138. The molecule has 0 aliphatic carbocycles. The second-order valence-electron chi connectivity index (χ2n) is 2.35. The van der Waals surface area contributed by atoms with Gasteiger partial charge >= 0.3 is 11.9 Å². The molecule has 6 nitrogen and oxygen atoms in total. The maximum absolute atomic E-state index is 10.2. The van der Waals surface area contributed by atoms with E-state index in [1.165, 1.54) is 19.3 Å². The van der Waals surface area contributed by atoms with Gasteiger partial charge in [0.05, 0.1) is 7.11 Å². The lowest BCUT2D eigenvalue weighted by atomic mass is 10.4. The molecule has 0 fully saturated rings. The van der Waals surface area contributed by atoms with Gasteiger partial charge in [0.25, 0.3) is 0 Å². The van der Waals surface area contributed by atoms with E-state index in [2.05, 4.69) is 15.5 Å². The minimum Gasteiger partial charge on any atom is -0.466 e. The maximum Gasteiger partial charge on any atom is 0.348 e. The molecule has 0 atom stereocenters. The summed E-state index contributed by atoms with van der Waals surface area (Å²) in [6.07, 6.45) is 4.01. The Morgan fingerprint density at radius 1 is 1.27 bits per heavy atom. The van der Waals surface area contributed by atoms with Crippen LogP contribution in [0.25, 0.3) is 0 Å². The molecule has 86 valence electrons. The van der Waals surface area contributed by atoms with Gasteiger partial charge in [-0.25, -0.2) is 9.59 Å². The van der Waals surface area contributed by atoms with Crippen LogP contribution in [0, 0.1) is 0 Å². The maximum atomic E-state index is 10.2. The molecule has 0 bridgehead atoms. The van der Waals surface area contributed by atoms with Gasteiger partial charge in [0, 0.05) is 17.8 Å². The lowest BCUT2D eigenvalue weighted by Gasteiger charge is -1.89. The second kappa shape index (κ2) is 10.3. The van der Waals surface area contributed by atoms with Gasteiger partial charge in [-0.3, -0.25) is 0 Å². The Kier molecular flexibility index (Phi) is 10.7. The normalized spacial score (nSPS) is 10.3. The number of carbonyl (C=O) groups is 2. The van der Waals surface area contributed by atoms with Crippen LogP contribution in [0.3, 0.4) is 0 Å². The van der Waals surface area contributed by atoms with Gasteiger partial charge in [0.15, 0.2) is 0 Å². The van der Waals surface area contributed by atoms with Crippen molar-refractivity contribution in [2.24, 2.45) is 11.6 Å². The monoisotopic (exact) mass is 216 g/mol. The van der Waals surface area contributed by atoms with Crippen LogP contribution in [0.2, 0.25) is 0 Å². The molecule has 0 heterocycles. The minimum atomic E-state index is -0.525. The zero-order valence-electron chi connectivity index (χ0n) is 9.02. The lowest BCUT2D eigenvalue weighted by Crippen LogP contribution is -2.05. The molecule has 6 heteroatoms. The van der Waals surface area contributed by atoms with Gasteiger partial charge in [0.2, 0.25) is 0 Å². The molecule has 0 aromatic rings. The van der Waals surface area contributed by atoms with E-state index in [0.29, 0.717) is 5.70 Å². The zero-order chi connectivity index (χ0) is 12.3. The van der Waals surface area contributed by atoms with Crippen molar-refractivity contribution >= 4 is 11.9 Å². The van der Waals surface area contributed by atoms with Gasteiger partial charge in [0.1, 0.15) is 0 Å². The molecule has 0 aromatic heterocycles. The van der Waals surface area contributed by atoms with Crippen LogP contribution in [0.5, 0.6) is 0 Å². The third kappa shape index (κ3) is 15.0. The van der Waals surface area contributed by atoms with E-state index in [-0.39, 0.29) is 0 Å². The van der Waals surface area contributed by atoms with Gasteiger partial charge in [-0.05, 0) is 13.8 Å². The number of hydrogen-bond donors (Lipinski definition) is 2. The van der Waals surface area contributed by atoms with Gasteiger partial charge in [-0.2, -0.15) is 5.90 Å². The molecule has 0 radical (unpaired) electrons. The van der Waals surface area contributed by atoms with E-state index in [1.54, 1.807) is 19.9 Å². The van der Waals surface area contributed by atoms with Crippen molar-refractivity contribution in [2.45, 2.75) is 13.8 Å². The summed E-state index contributed by atoms with van der Waals surface area (Å²) >= 11 is 0. The summed E-state index contributed by atoms with van der Waals surface area (Å²) in [6, 6.07) is 0. The van der Waals surface area contributed by atoms with E-state index in [0.717, 1.165) is 0 Å². The third-order valence-electron chi connectivity index (χ3n) is 0.966. The Morgan fingerprint density at radius 2 is 1.80 bits per heavy atom. The molecule has 0 rings (SSSR count). The smallest absolute Gasteiger partial charge is 0.348 e. The summed E-state index contributed by atoms with van der Waals surface area (Å²) in [5.74, 6) is 3.52. The first-order chi connectivity index (χ1) is 6.97. The highest BCUT2D eigenvalue weighted by atomic mass is 16.7. The molecule has 0 saturated carbocycles. The van der Waals surface area contributed by atoms with E-state index < -0.39 is 11.9 Å².